The molecule has 1 aliphatic heterocycles. The number of hydrogen-bond acceptors (Lipinski definition) is 7. The lowest BCUT2D eigenvalue weighted by Gasteiger charge is -2.32. The lowest BCUT2D eigenvalue weighted by atomic mass is 9.91. The fourth-order valence-electron chi connectivity index (χ4n) is 4.15. The molecule has 4 aromatic rings. The number of fused-ring (bicyclic) bond motifs is 1. The van der Waals surface area contributed by atoms with Gasteiger partial charge < -0.3 is 14.8 Å². The van der Waals surface area contributed by atoms with Crippen LogP contribution in [0.5, 0.6) is 11.6 Å². The summed E-state index contributed by atoms with van der Waals surface area (Å²) in [5.41, 5.74) is 3.05. The van der Waals surface area contributed by atoms with Gasteiger partial charge in [-0.15, -0.1) is 0 Å². The first-order valence-electron chi connectivity index (χ1n) is 10.8. The van der Waals surface area contributed by atoms with E-state index in [-0.39, 0.29) is 0 Å². The highest BCUT2D eigenvalue weighted by Gasteiger charge is 2.24. The van der Waals surface area contributed by atoms with Crippen LogP contribution in [0.2, 0.25) is 0 Å². The molecule has 5 rings (SSSR count). The number of ether oxygens (including phenoxy) is 1. The largest absolute Gasteiger partial charge is 0.439 e. The molecule has 0 saturated carbocycles. The van der Waals surface area contributed by atoms with Crippen molar-refractivity contribution in [2.24, 2.45) is 0 Å². The molecule has 1 N–H and O–H groups in total. The second kappa shape index (κ2) is 9.46. The van der Waals surface area contributed by atoms with Crippen molar-refractivity contribution >= 4 is 38.7 Å². The average molecular weight is 445 g/mol. The van der Waals surface area contributed by atoms with E-state index in [0.717, 1.165) is 64.6 Å². The van der Waals surface area contributed by atoms with Gasteiger partial charge in [-0.25, -0.2) is 9.97 Å². The molecule has 3 heterocycles. The van der Waals surface area contributed by atoms with Gasteiger partial charge in [0, 0.05) is 29.9 Å². The fraction of sp³-hybridized carbons (Fsp3) is 0.240. The van der Waals surface area contributed by atoms with Crippen molar-refractivity contribution in [1.82, 2.24) is 14.9 Å². The van der Waals surface area contributed by atoms with E-state index >= 15 is 0 Å². The Bertz CT molecular complexity index is 1180. The summed E-state index contributed by atoms with van der Waals surface area (Å²) in [6, 6.07) is 20.0. The van der Waals surface area contributed by atoms with Crippen molar-refractivity contribution < 1.29 is 9.53 Å². The van der Waals surface area contributed by atoms with Crippen molar-refractivity contribution in [2.75, 3.05) is 25.0 Å². The second-order valence-corrected chi connectivity index (χ2v) is 8.93. The van der Waals surface area contributed by atoms with E-state index in [4.69, 9.17) is 4.74 Å². The lowest BCUT2D eigenvalue weighted by molar-refractivity contribution is -0.109. The SMILES string of the molecule is O=CCN1CCC[C@@H](c2cccnc2Oc2ccc(Nc3nc4ccccc4s3)cc2)C1. The highest BCUT2D eigenvalue weighted by Crippen LogP contribution is 2.34. The normalized spacial score (nSPS) is 16.7. The van der Waals surface area contributed by atoms with Crippen LogP contribution >= 0.6 is 11.3 Å². The molecule has 0 radical (unpaired) electrons. The number of piperidine rings is 1. The third-order valence-electron chi connectivity index (χ3n) is 5.69. The average Bonchev–Trinajstić information content (AvgIpc) is 3.23. The van der Waals surface area contributed by atoms with Gasteiger partial charge in [0.05, 0.1) is 16.8 Å². The first kappa shape index (κ1) is 20.6. The summed E-state index contributed by atoms with van der Waals surface area (Å²) >= 11 is 1.63. The number of pyridine rings is 1. The van der Waals surface area contributed by atoms with Crippen LogP contribution in [0.15, 0.2) is 66.9 Å². The number of likely N-dealkylation sites (tertiary alicyclic amines) is 1. The fourth-order valence-corrected chi connectivity index (χ4v) is 5.03. The Hall–Kier alpha value is -3.29. The van der Waals surface area contributed by atoms with Gasteiger partial charge >= 0.3 is 0 Å². The number of hydrogen-bond donors (Lipinski definition) is 1. The van der Waals surface area contributed by atoms with Crippen LogP contribution in [-0.2, 0) is 4.79 Å². The standard InChI is InChI=1S/C25H24N4O2S/c30-16-15-29-14-4-5-18(17-29)21-6-3-13-26-24(21)31-20-11-9-19(10-12-20)27-25-28-22-7-1-2-8-23(22)32-25/h1-3,6-13,16,18H,4-5,14-15,17H2,(H,27,28)/t18-/m1/s1. The molecule has 2 aromatic heterocycles. The van der Waals surface area contributed by atoms with Gasteiger partial charge in [0.15, 0.2) is 5.13 Å². The van der Waals surface area contributed by atoms with Crippen LogP contribution in [0.3, 0.4) is 0 Å². The predicted molar refractivity (Wildman–Crippen MR) is 128 cm³/mol. The summed E-state index contributed by atoms with van der Waals surface area (Å²) in [4.78, 5) is 22.2. The van der Waals surface area contributed by atoms with Crippen LogP contribution in [0.1, 0.15) is 24.3 Å². The number of anilines is 2. The first-order chi connectivity index (χ1) is 15.8. The minimum Gasteiger partial charge on any atom is -0.439 e. The Labute approximate surface area is 190 Å². The summed E-state index contributed by atoms with van der Waals surface area (Å²) in [5.74, 6) is 1.69. The Kier molecular flexibility index (Phi) is 6.09. The highest BCUT2D eigenvalue weighted by atomic mass is 32.1. The van der Waals surface area contributed by atoms with Crippen LogP contribution in [0, 0.1) is 0 Å². The van der Waals surface area contributed by atoms with Gasteiger partial charge in [-0.1, -0.05) is 29.5 Å². The van der Waals surface area contributed by atoms with E-state index in [9.17, 15) is 4.79 Å². The molecule has 0 spiro atoms. The minimum atomic E-state index is 0.312. The number of benzene rings is 2. The molecule has 162 valence electrons. The van der Waals surface area contributed by atoms with Gasteiger partial charge in [0.1, 0.15) is 12.0 Å². The number of aromatic nitrogens is 2. The molecule has 1 fully saturated rings. The minimum absolute atomic E-state index is 0.312. The molecule has 7 heteroatoms. The number of para-hydroxylation sites is 1. The van der Waals surface area contributed by atoms with Crippen LogP contribution < -0.4 is 10.1 Å². The van der Waals surface area contributed by atoms with Crippen molar-refractivity contribution in [3.05, 3.63) is 72.4 Å². The molecule has 0 unspecified atom stereocenters. The van der Waals surface area contributed by atoms with E-state index in [1.165, 1.54) is 0 Å². The molecule has 1 aliphatic rings. The smallest absolute Gasteiger partial charge is 0.222 e. The van der Waals surface area contributed by atoms with Crippen molar-refractivity contribution in [2.45, 2.75) is 18.8 Å². The zero-order valence-corrected chi connectivity index (χ0v) is 18.4. The Morgan fingerprint density at radius 1 is 1.12 bits per heavy atom. The van der Waals surface area contributed by atoms with E-state index in [1.54, 1.807) is 17.5 Å². The molecule has 1 saturated heterocycles. The number of carbonyl (C=O) groups is 1. The van der Waals surface area contributed by atoms with Gasteiger partial charge in [-0.05, 0) is 61.9 Å². The summed E-state index contributed by atoms with van der Waals surface area (Å²) in [5, 5.41) is 4.23. The first-order valence-corrected chi connectivity index (χ1v) is 11.6. The molecular weight excluding hydrogens is 420 g/mol. The highest BCUT2D eigenvalue weighted by molar-refractivity contribution is 7.22. The lowest BCUT2D eigenvalue weighted by Crippen LogP contribution is -2.35. The number of thiazole rings is 1. The third-order valence-corrected chi connectivity index (χ3v) is 6.64. The topological polar surface area (TPSA) is 67.4 Å². The molecule has 0 bridgehead atoms. The Morgan fingerprint density at radius 3 is 2.84 bits per heavy atom. The van der Waals surface area contributed by atoms with Gasteiger partial charge in [-0.2, -0.15) is 0 Å². The summed E-state index contributed by atoms with van der Waals surface area (Å²) in [7, 11) is 0. The molecule has 0 aliphatic carbocycles. The number of nitrogens with one attached hydrogen (secondary N) is 1. The molecule has 6 nitrogen and oxygen atoms in total. The molecular formula is C25H24N4O2S. The maximum Gasteiger partial charge on any atom is 0.222 e. The zero-order valence-electron chi connectivity index (χ0n) is 17.6. The van der Waals surface area contributed by atoms with E-state index in [2.05, 4.69) is 32.3 Å². The maximum absolute atomic E-state index is 10.9. The number of rotatable bonds is 7. The van der Waals surface area contributed by atoms with Crippen molar-refractivity contribution in [3.8, 4) is 11.6 Å². The van der Waals surface area contributed by atoms with E-state index < -0.39 is 0 Å². The maximum atomic E-state index is 10.9. The van der Waals surface area contributed by atoms with Gasteiger partial charge in [0.25, 0.3) is 0 Å². The van der Waals surface area contributed by atoms with Gasteiger partial charge in [-0.3, -0.25) is 4.90 Å². The Balaban J connectivity index is 1.29. The second-order valence-electron chi connectivity index (χ2n) is 7.90. The van der Waals surface area contributed by atoms with E-state index in [1.807, 2.05) is 48.5 Å². The van der Waals surface area contributed by atoms with Crippen LogP contribution in [0.4, 0.5) is 10.8 Å². The number of carbonyl (C=O) groups excluding carboxylic acids is 1. The summed E-state index contributed by atoms with van der Waals surface area (Å²) in [6.45, 7) is 2.30. The van der Waals surface area contributed by atoms with E-state index in [0.29, 0.717) is 18.3 Å². The van der Waals surface area contributed by atoms with Crippen molar-refractivity contribution in [1.29, 1.82) is 0 Å². The summed E-state index contributed by atoms with van der Waals surface area (Å²) < 4.78 is 7.33. The number of aldehydes is 1. The predicted octanol–water partition coefficient (Wildman–Crippen LogP) is 5.61. The molecule has 0 amide bonds. The summed E-state index contributed by atoms with van der Waals surface area (Å²) in [6.07, 6.45) is 4.88. The van der Waals surface area contributed by atoms with Gasteiger partial charge in [0.2, 0.25) is 5.88 Å². The quantitative estimate of drug-likeness (QED) is 0.374. The zero-order chi connectivity index (χ0) is 21.8. The van der Waals surface area contributed by atoms with Crippen LogP contribution in [0.25, 0.3) is 10.2 Å². The molecule has 2 aromatic carbocycles. The molecule has 1 atom stereocenters. The third kappa shape index (κ3) is 4.64. The monoisotopic (exact) mass is 444 g/mol. The van der Waals surface area contributed by atoms with Crippen LogP contribution in [-0.4, -0.2) is 40.8 Å². The Morgan fingerprint density at radius 2 is 2.00 bits per heavy atom. The number of nitrogens with zero attached hydrogens (tertiary/aromatic N) is 3. The van der Waals surface area contributed by atoms with Crippen molar-refractivity contribution in [3.63, 3.8) is 0 Å². The molecule has 32 heavy (non-hydrogen) atoms.